The predicted octanol–water partition coefficient (Wildman–Crippen LogP) is 2.44. The van der Waals surface area contributed by atoms with E-state index in [0.717, 1.165) is 30.9 Å². The van der Waals surface area contributed by atoms with Crippen LogP contribution in [-0.2, 0) is 12.8 Å². The van der Waals surface area contributed by atoms with E-state index in [1.807, 2.05) is 0 Å². The van der Waals surface area contributed by atoms with E-state index < -0.39 is 0 Å². The smallest absolute Gasteiger partial charge is 0.254 e. The first-order valence-corrected chi connectivity index (χ1v) is 7.36. The number of anilines is 1. The van der Waals surface area contributed by atoms with E-state index >= 15 is 0 Å². The largest absolute Gasteiger partial charge is 0.369 e. The molecule has 5 nitrogen and oxygen atoms in total. The van der Waals surface area contributed by atoms with E-state index in [1.54, 1.807) is 10.8 Å². The minimum Gasteiger partial charge on any atom is -0.369 e. The number of hydrogen-bond donors (Lipinski definition) is 1. The molecular weight excluding hydrogens is 262 g/mol. The SMILES string of the molecule is CCc1cc(NCC2Cc3ccccc32)n2ncnc2n1. The molecule has 106 valence electrons. The van der Waals surface area contributed by atoms with Crippen LogP contribution in [0.1, 0.15) is 29.7 Å². The third-order valence-corrected chi connectivity index (χ3v) is 4.16. The molecule has 1 aromatic carbocycles. The van der Waals surface area contributed by atoms with Gasteiger partial charge in [0.1, 0.15) is 12.1 Å². The van der Waals surface area contributed by atoms with E-state index in [-0.39, 0.29) is 0 Å². The van der Waals surface area contributed by atoms with Gasteiger partial charge >= 0.3 is 0 Å². The molecule has 0 fully saturated rings. The number of fused-ring (bicyclic) bond motifs is 2. The maximum Gasteiger partial charge on any atom is 0.254 e. The van der Waals surface area contributed by atoms with Crippen molar-refractivity contribution in [3.63, 3.8) is 0 Å². The highest BCUT2D eigenvalue weighted by molar-refractivity contribution is 5.47. The monoisotopic (exact) mass is 279 g/mol. The molecule has 3 aromatic rings. The molecule has 21 heavy (non-hydrogen) atoms. The van der Waals surface area contributed by atoms with Gasteiger partial charge in [0.25, 0.3) is 5.78 Å². The normalized spacial score (nSPS) is 16.5. The van der Waals surface area contributed by atoms with Gasteiger partial charge in [-0.2, -0.15) is 14.6 Å². The van der Waals surface area contributed by atoms with Gasteiger partial charge < -0.3 is 5.32 Å². The van der Waals surface area contributed by atoms with Crippen LogP contribution in [0.5, 0.6) is 0 Å². The van der Waals surface area contributed by atoms with Crippen LogP contribution in [0, 0.1) is 0 Å². The molecule has 1 N–H and O–H groups in total. The summed E-state index contributed by atoms with van der Waals surface area (Å²) in [5, 5.41) is 7.75. The molecule has 0 saturated heterocycles. The lowest BCUT2D eigenvalue weighted by Crippen LogP contribution is -2.25. The van der Waals surface area contributed by atoms with E-state index in [2.05, 4.69) is 57.6 Å². The second kappa shape index (κ2) is 4.84. The highest BCUT2D eigenvalue weighted by Gasteiger charge is 2.25. The van der Waals surface area contributed by atoms with Gasteiger partial charge in [0.05, 0.1) is 0 Å². The molecule has 4 rings (SSSR count). The van der Waals surface area contributed by atoms with Gasteiger partial charge in [-0.25, -0.2) is 4.98 Å². The molecule has 0 aliphatic heterocycles. The van der Waals surface area contributed by atoms with Gasteiger partial charge in [0.15, 0.2) is 0 Å². The van der Waals surface area contributed by atoms with Crippen molar-refractivity contribution in [3.05, 3.63) is 53.5 Å². The molecule has 0 bridgehead atoms. The minimum atomic E-state index is 0.581. The van der Waals surface area contributed by atoms with Crippen molar-refractivity contribution < 1.29 is 0 Å². The third-order valence-electron chi connectivity index (χ3n) is 4.16. The molecule has 1 aliphatic carbocycles. The number of aryl methyl sites for hydroxylation is 1. The maximum absolute atomic E-state index is 4.46. The Labute approximate surface area is 123 Å². The van der Waals surface area contributed by atoms with Crippen LogP contribution in [0.25, 0.3) is 5.78 Å². The Morgan fingerprint density at radius 1 is 1.33 bits per heavy atom. The summed E-state index contributed by atoms with van der Waals surface area (Å²) in [6.07, 6.45) is 3.59. The van der Waals surface area contributed by atoms with E-state index in [4.69, 9.17) is 0 Å². The molecule has 1 unspecified atom stereocenters. The zero-order chi connectivity index (χ0) is 14.2. The highest BCUT2D eigenvalue weighted by Crippen LogP contribution is 2.34. The summed E-state index contributed by atoms with van der Waals surface area (Å²) in [5.41, 5.74) is 3.97. The van der Waals surface area contributed by atoms with Gasteiger partial charge in [0.2, 0.25) is 0 Å². The van der Waals surface area contributed by atoms with Crippen LogP contribution >= 0.6 is 0 Å². The Bertz CT molecular complexity index is 792. The van der Waals surface area contributed by atoms with Crippen LogP contribution in [0.2, 0.25) is 0 Å². The number of hydrogen-bond acceptors (Lipinski definition) is 4. The van der Waals surface area contributed by atoms with Gasteiger partial charge in [0, 0.05) is 24.2 Å². The second-order valence-electron chi connectivity index (χ2n) is 5.44. The number of aromatic nitrogens is 4. The van der Waals surface area contributed by atoms with E-state index in [9.17, 15) is 0 Å². The lowest BCUT2D eigenvalue weighted by Gasteiger charge is -2.30. The number of rotatable bonds is 4. The molecular formula is C16H17N5. The lowest BCUT2D eigenvalue weighted by atomic mass is 9.77. The molecule has 0 saturated carbocycles. The van der Waals surface area contributed by atoms with Gasteiger partial charge in [-0.3, -0.25) is 0 Å². The van der Waals surface area contributed by atoms with Crippen LogP contribution in [0.3, 0.4) is 0 Å². The first kappa shape index (κ1) is 12.3. The van der Waals surface area contributed by atoms with Crippen molar-refractivity contribution in [2.45, 2.75) is 25.7 Å². The quantitative estimate of drug-likeness (QED) is 0.797. The summed E-state index contributed by atoms with van der Waals surface area (Å²) in [7, 11) is 0. The summed E-state index contributed by atoms with van der Waals surface area (Å²) in [5.74, 6) is 2.21. The first-order chi connectivity index (χ1) is 10.3. The zero-order valence-corrected chi connectivity index (χ0v) is 12.0. The van der Waals surface area contributed by atoms with Gasteiger partial charge in [-0.1, -0.05) is 31.2 Å². The second-order valence-corrected chi connectivity index (χ2v) is 5.44. The Hall–Kier alpha value is -2.43. The van der Waals surface area contributed by atoms with Gasteiger partial charge in [-0.05, 0) is 24.0 Å². The molecule has 1 aliphatic rings. The predicted molar refractivity (Wildman–Crippen MR) is 81.5 cm³/mol. The highest BCUT2D eigenvalue weighted by atomic mass is 15.3. The molecule has 0 spiro atoms. The fourth-order valence-corrected chi connectivity index (χ4v) is 2.94. The van der Waals surface area contributed by atoms with Crippen LogP contribution in [0.15, 0.2) is 36.7 Å². The fraction of sp³-hybridized carbons (Fsp3) is 0.312. The molecule has 2 aromatic heterocycles. The Morgan fingerprint density at radius 2 is 2.24 bits per heavy atom. The van der Waals surface area contributed by atoms with Crippen LogP contribution in [-0.4, -0.2) is 26.1 Å². The average molecular weight is 279 g/mol. The topological polar surface area (TPSA) is 55.1 Å². The number of nitrogens with one attached hydrogen (secondary N) is 1. The van der Waals surface area contributed by atoms with E-state index in [1.165, 1.54) is 11.1 Å². The van der Waals surface area contributed by atoms with Crippen LogP contribution in [0.4, 0.5) is 5.82 Å². The van der Waals surface area contributed by atoms with Crippen molar-refractivity contribution in [2.24, 2.45) is 0 Å². The standard InChI is InChI=1S/C16H17N5/c1-2-13-8-15(21-16(20-13)18-10-19-21)17-9-12-7-11-5-3-4-6-14(11)12/h3-6,8,10,12,17H,2,7,9H2,1H3. The van der Waals surface area contributed by atoms with Crippen LogP contribution < -0.4 is 5.32 Å². The first-order valence-electron chi connectivity index (χ1n) is 7.36. The fourth-order valence-electron chi connectivity index (χ4n) is 2.94. The lowest BCUT2D eigenvalue weighted by molar-refractivity contribution is 0.633. The van der Waals surface area contributed by atoms with Crippen molar-refractivity contribution in [1.29, 1.82) is 0 Å². The molecule has 0 amide bonds. The maximum atomic E-state index is 4.46. The Balaban J connectivity index is 1.57. The van der Waals surface area contributed by atoms with Crippen molar-refractivity contribution >= 4 is 11.6 Å². The van der Waals surface area contributed by atoms with Crippen molar-refractivity contribution in [3.8, 4) is 0 Å². The van der Waals surface area contributed by atoms with Crippen molar-refractivity contribution in [1.82, 2.24) is 19.6 Å². The Kier molecular flexibility index (Phi) is 2.84. The summed E-state index contributed by atoms with van der Waals surface area (Å²) in [6, 6.07) is 10.7. The average Bonchev–Trinajstić information content (AvgIpc) is 2.96. The van der Waals surface area contributed by atoms with Gasteiger partial charge in [-0.15, -0.1) is 0 Å². The minimum absolute atomic E-state index is 0.581. The summed E-state index contributed by atoms with van der Waals surface area (Å²) in [4.78, 5) is 8.65. The summed E-state index contributed by atoms with van der Waals surface area (Å²) < 4.78 is 1.77. The Morgan fingerprint density at radius 3 is 3.10 bits per heavy atom. The number of nitrogens with zero attached hydrogens (tertiary/aromatic N) is 4. The molecule has 2 heterocycles. The zero-order valence-electron chi connectivity index (χ0n) is 12.0. The van der Waals surface area contributed by atoms with E-state index in [0.29, 0.717) is 11.7 Å². The van der Waals surface area contributed by atoms with Crippen molar-refractivity contribution in [2.75, 3.05) is 11.9 Å². The summed E-state index contributed by atoms with van der Waals surface area (Å²) in [6.45, 7) is 3.01. The number of benzene rings is 1. The summed E-state index contributed by atoms with van der Waals surface area (Å²) >= 11 is 0. The molecule has 1 atom stereocenters. The third kappa shape index (κ3) is 2.05. The molecule has 0 radical (unpaired) electrons. The molecule has 5 heteroatoms.